The van der Waals surface area contributed by atoms with E-state index in [0.29, 0.717) is 0 Å². The molecule has 0 saturated carbocycles. The van der Waals surface area contributed by atoms with Crippen LogP contribution in [-0.2, 0) is 18.4 Å². The fraction of sp³-hybridized carbons (Fsp3) is 0.889. The number of rotatable bonds is 11. The zero-order valence-electron chi connectivity index (χ0n) is 17.0. The summed E-state index contributed by atoms with van der Waals surface area (Å²) in [4.78, 5) is 24.8. The van der Waals surface area contributed by atoms with Gasteiger partial charge in [0.2, 0.25) is 16.6 Å². The molecule has 4 nitrogen and oxygen atoms in total. The van der Waals surface area contributed by atoms with Gasteiger partial charge in [-0.25, -0.2) is 0 Å². The molecule has 0 spiro atoms. The molecule has 2 atom stereocenters. The molecule has 0 aliphatic heterocycles. The Bertz CT molecular complexity index is 397. The van der Waals surface area contributed by atoms with Crippen molar-refractivity contribution in [2.45, 2.75) is 91.7 Å². The number of unbranched alkanes of at least 4 members (excludes halogenated alkanes) is 3. The SMILES string of the molecule is CCCCCCC(C)C(CC(=O)O[Si](C)(C)C)C(=O)O[Si](C)(C)C. The minimum Gasteiger partial charge on any atom is -0.520 e. The minimum atomic E-state index is -1.96. The lowest BCUT2D eigenvalue weighted by atomic mass is 9.87. The highest BCUT2D eigenvalue weighted by Gasteiger charge is 2.33. The Morgan fingerprint density at radius 1 is 0.875 bits per heavy atom. The standard InChI is InChI=1S/C18H38O4Si2/c1-9-10-11-12-13-15(2)16(18(20)22-24(6,7)8)14-17(19)21-23(3,4)5/h15-16H,9-14H2,1-8H3. The van der Waals surface area contributed by atoms with Crippen molar-refractivity contribution in [3.05, 3.63) is 0 Å². The van der Waals surface area contributed by atoms with Gasteiger partial charge in [0.15, 0.2) is 0 Å². The third-order valence-corrected chi connectivity index (χ3v) is 5.37. The lowest BCUT2D eigenvalue weighted by molar-refractivity contribution is -0.148. The number of carbonyl (C=O) groups excluding carboxylic acids is 2. The van der Waals surface area contributed by atoms with Gasteiger partial charge in [0, 0.05) is 0 Å². The van der Waals surface area contributed by atoms with Gasteiger partial charge in [-0.05, 0) is 51.6 Å². The number of hydrogen-bond donors (Lipinski definition) is 0. The quantitative estimate of drug-likeness (QED) is 0.361. The molecular formula is C18H38O4Si2. The predicted molar refractivity (Wildman–Crippen MR) is 105 cm³/mol. The Balaban J connectivity index is 4.87. The van der Waals surface area contributed by atoms with Crippen molar-refractivity contribution in [1.29, 1.82) is 0 Å². The van der Waals surface area contributed by atoms with Gasteiger partial charge in [-0.15, -0.1) is 0 Å². The van der Waals surface area contributed by atoms with Crippen molar-refractivity contribution in [3.63, 3.8) is 0 Å². The monoisotopic (exact) mass is 374 g/mol. The smallest absolute Gasteiger partial charge is 0.296 e. The average Bonchev–Trinajstić information content (AvgIpc) is 2.36. The molecule has 0 saturated heterocycles. The molecule has 0 fully saturated rings. The summed E-state index contributed by atoms with van der Waals surface area (Å²) >= 11 is 0. The second kappa shape index (κ2) is 10.4. The fourth-order valence-corrected chi connectivity index (χ4v) is 4.07. The molecule has 0 rings (SSSR count). The summed E-state index contributed by atoms with van der Waals surface area (Å²) in [6, 6.07) is 0. The summed E-state index contributed by atoms with van der Waals surface area (Å²) in [7, 11) is -3.90. The molecule has 0 aliphatic rings. The highest BCUT2D eigenvalue weighted by atomic mass is 28.4. The molecule has 0 heterocycles. The van der Waals surface area contributed by atoms with E-state index in [9.17, 15) is 9.59 Å². The Morgan fingerprint density at radius 3 is 1.88 bits per heavy atom. The van der Waals surface area contributed by atoms with E-state index in [1.54, 1.807) is 0 Å². The van der Waals surface area contributed by atoms with E-state index in [4.69, 9.17) is 8.85 Å². The minimum absolute atomic E-state index is 0.139. The van der Waals surface area contributed by atoms with Crippen LogP contribution in [0.3, 0.4) is 0 Å². The van der Waals surface area contributed by atoms with Crippen LogP contribution in [-0.4, -0.2) is 28.6 Å². The van der Waals surface area contributed by atoms with Gasteiger partial charge in [0.25, 0.3) is 11.9 Å². The van der Waals surface area contributed by atoms with Crippen molar-refractivity contribution < 1.29 is 18.4 Å². The summed E-state index contributed by atoms with van der Waals surface area (Å²) in [5.74, 6) is -0.723. The van der Waals surface area contributed by atoms with E-state index >= 15 is 0 Å². The van der Waals surface area contributed by atoms with E-state index in [-0.39, 0.29) is 30.2 Å². The fourth-order valence-electron chi connectivity index (χ4n) is 2.55. The molecule has 0 bridgehead atoms. The molecule has 6 heteroatoms. The summed E-state index contributed by atoms with van der Waals surface area (Å²) in [5.41, 5.74) is 0. The zero-order valence-corrected chi connectivity index (χ0v) is 19.0. The molecule has 2 unspecified atom stereocenters. The first-order chi connectivity index (χ1) is 10.9. The van der Waals surface area contributed by atoms with Gasteiger partial charge in [-0.2, -0.15) is 0 Å². The summed E-state index contributed by atoms with van der Waals surface area (Å²) in [5, 5.41) is 0. The number of carbonyl (C=O) groups is 2. The van der Waals surface area contributed by atoms with Crippen LogP contribution in [0.4, 0.5) is 0 Å². The normalized spacial score (nSPS) is 14.8. The Kier molecular flexibility index (Phi) is 10.1. The maximum Gasteiger partial charge on any atom is 0.296 e. The molecule has 142 valence electrons. The van der Waals surface area contributed by atoms with Crippen molar-refractivity contribution in [2.75, 3.05) is 0 Å². The van der Waals surface area contributed by atoms with Crippen LogP contribution in [0.2, 0.25) is 39.3 Å². The van der Waals surface area contributed by atoms with Crippen molar-refractivity contribution >= 4 is 28.6 Å². The van der Waals surface area contributed by atoms with E-state index < -0.39 is 16.6 Å². The van der Waals surface area contributed by atoms with Gasteiger partial charge >= 0.3 is 0 Å². The molecule has 0 aromatic carbocycles. The summed E-state index contributed by atoms with van der Waals surface area (Å²) in [6.07, 6.45) is 5.77. The number of hydrogen-bond acceptors (Lipinski definition) is 4. The van der Waals surface area contributed by atoms with Gasteiger partial charge in [-0.1, -0.05) is 39.5 Å². The van der Waals surface area contributed by atoms with Gasteiger partial charge < -0.3 is 8.85 Å². The molecule has 0 radical (unpaired) electrons. The average molecular weight is 375 g/mol. The maximum absolute atomic E-state index is 12.6. The second-order valence-electron chi connectivity index (χ2n) is 8.76. The largest absolute Gasteiger partial charge is 0.520 e. The van der Waals surface area contributed by atoms with E-state index in [2.05, 4.69) is 13.8 Å². The van der Waals surface area contributed by atoms with E-state index in [1.807, 2.05) is 39.3 Å². The Labute approximate surface area is 151 Å². The van der Waals surface area contributed by atoms with Gasteiger partial charge in [-0.3, -0.25) is 9.59 Å². The van der Waals surface area contributed by atoms with Gasteiger partial charge in [0.1, 0.15) is 0 Å². The maximum atomic E-state index is 12.6. The lowest BCUT2D eigenvalue weighted by Gasteiger charge is -2.27. The van der Waals surface area contributed by atoms with Crippen molar-refractivity contribution in [2.24, 2.45) is 11.8 Å². The topological polar surface area (TPSA) is 52.6 Å². The van der Waals surface area contributed by atoms with Crippen LogP contribution in [0.1, 0.15) is 52.4 Å². The van der Waals surface area contributed by atoms with Gasteiger partial charge in [0.05, 0.1) is 12.3 Å². The van der Waals surface area contributed by atoms with Crippen LogP contribution in [0.25, 0.3) is 0 Å². The first-order valence-corrected chi connectivity index (χ1v) is 16.1. The highest BCUT2D eigenvalue weighted by molar-refractivity contribution is 6.71. The third kappa shape index (κ3) is 11.8. The molecular weight excluding hydrogens is 336 g/mol. The van der Waals surface area contributed by atoms with Crippen LogP contribution in [0.5, 0.6) is 0 Å². The van der Waals surface area contributed by atoms with Crippen molar-refractivity contribution in [3.8, 4) is 0 Å². The van der Waals surface area contributed by atoms with Crippen LogP contribution < -0.4 is 0 Å². The highest BCUT2D eigenvalue weighted by Crippen LogP contribution is 2.26. The van der Waals surface area contributed by atoms with E-state index in [1.165, 1.54) is 19.3 Å². The molecule has 24 heavy (non-hydrogen) atoms. The van der Waals surface area contributed by atoms with Crippen LogP contribution in [0.15, 0.2) is 0 Å². The summed E-state index contributed by atoms with van der Waals surface area (Å²) < 4.78 is 11.2. The van der Waals surface area contributed by atoms with Crippen LogP contribution in [0, 0.1) is 11.8 Å². The first-order valence-electron chi connectivity index (χ1n) is 9.30. The molecule has 0 amide bonds. The second-order valence-corrected chi connectivity index (χ2v) is 17.6. The molecule has 0 N–H and O–H groups in total. The first kappa shape index (κ1) is 23.4. The van der Waals surface area contributed by atoms with Crippen LogP contribution >= 0.6 is 0 Å². The molecule has 0 aliphatic carbocycles. The Morgan fingerprint density at radius 2 is 1.42 bits per heavy atom. The van der Waals surface area contributed by atoms with E-state index in [0.717, 1.165) is 12.8 Å². The van der Waals surface area contributed by atoms with Crippen molar-refractivity contribution in [1.82, 2.24) is 0 Å². The lowest BCUT2D eigenvalue weighted by Crippen LogP contribution is -2.37. The zero-order chi connectivity index (χ0) is 19.0. The predicted octanol–water partition coefficient (Wildman–Crippen LogP) is 5.36. The summed E-state index contributed by atoms with van der Waals surface area (Å²) in [6.45, 7) is 16.2. The molecule has 0 aromatic heterocycles. The molecule has 0 aromatic rings. The Hall–Kier alpha value is -0.626. The third-order valence-electron chi connectivity index (χ3n) is 3.72.